The molecule has 0 aliphatic carbocycles. The van der Waals surface area contributed by atoms with E-state index in [1.54, 1.807) is 35.7 Å². The van der Waals surface area contributed by atoms with Crippen LogP contribution in [-0.4, -0.2) is 37.0 Å². The number of carbonyl (C=O) groups is 2. The van der Waals surface area contributed by atoms with E-state index in [1.807, 2.05) is 6.07 Å². The van der Waals surface area contributed by atoms with E-state index in [1.165, 1.54) is 28.6 Å². The Hall–Kier alpha value is -3.86. The maximum Gasteiger partial charge on any atom is 0.293 e. The summed E-state index contributed by atoms with van der Waals surface area (Å²) in [5.74, 6) is -0.435. The van der Waals surface area contributed by atoms with Crippen molar-refractivity contribution in [3.8, 4) is 5.69 Å². The molecule has 0 bridgehead atoms. The third kappa shape index (κ3) is 4.10. The van der Waals surface area contributed by atoms with Gasteiger partial charge in [0.15, 0.2) is 10.9 Å². The molecule has 0 saturated carbocycles. The van der Waals surface area contributed by atoms with Crippen LogP contribution in [0.2, 0.25) is 0 Å². The fourth-order valence-corrected chi connectivity index (χ4v) is 3.09. The third-order valence-corrected chi connectivity index (χ3v) is 4.41. The summed E-state index contributed by atoms with van der Waals surface area (Å²) in [6.45, 7) is 0. The highest BCUT2D eigenvalue weighted by Gasteiger charge is 2.13. The Balaban J connectivity index is 1.36. The molecule has 0 spiro atoms. The van der Waals surface area contributed by atoms with Crippen molar-refractivity contribution < 1.29 is 14.0 Å². The third-order valence-electron chi connectivity index (χ3n) is 3.60. The van der Waals surface area contributed by atoms with E-state index in [-0.39, 0.29) is 18.1 Å². The van der Waals surface area contributed by atoms with Crippen LogP contribution in [0.3, 0.4) is 0 Å². The first kappa shape index (κ1) is 17.5. The lowest BCUT2D eigenvalue weighted by Crippen LogP contribution is -2.15. The highest BCUT2D eigenvalue weighted by atomic mass is 32.1. The average molecular weight is 395 g/mol. The lowest BCUT2D eigenvalue weighted by atomic mass is 10.2. The van der Waals surface area contributed by atoms with Gasteiger partial charge in [0.1, 0.15) is 6.33 Å². The van der Waals surface area contributed by atoms with Crippen LogP contribution in [0.4, 0.5) is 10.8 Å². The van der Waals surface area contributed by atoms with Crippen molar-refractivity contribution in [3.63, 3.8) is 0 Å². The van der Waals surface area contributed by atoms with Crippen LogP contribution in [0.1, 0.15) is 16.2 Å². The van der Waals surface area contributed by atoms with E-state index in [0.717, 1.165) is 5.69 Å². The topological polar surface area (TPSA) is 128 Å². The molecule has 0 saturated heterocycles. The van der Waals surface area contributed by atoms with Crippen molar-refractivity contribution in [1.29, 1.82) is 0 Å². The Morgan fingerprint density at radius 3 is 2.89 bits per heavy atom. The first-order chi connectivity index (χ1) is 13.7. The van der Waals surface area contributed by atoms with Crippen LogP contribution in [-0.2, 0) is 11.2 Å². The van der Waals surface area contributed by atoms with Crippen molar-refractivity contribution >= 4 is 34.0 Å². The zero-order valence-corrected chi connectivity index (χ0v) is 15.1. The summed E-state index contributed by atoms with van der Waals surface area (Å²) < 4.78 is 6.52. The molecule has 4 aromatic rings. The average Bonchev–Trinajstić information content (AvgIpc) is 3.45. The van der Waals surface area contributed by atoms with Gasteiger partial charge < -0.3 is 9.73 Å². The summed E-state index contributed by atoms with van der Waals surface area (Å²) in [5, 5.41) is 18.5. The molecule has 140 valence electrons. The minimum atomic E-state index is -0.394. The summed E-state index contributed by atoms with van der Waals surface area (Å²) in [5.41, 5.74) is 1.88. The Bertz CT molecular complexity index is 1090. The van der Waals surface area contributed by atoms with Crippen LogP contribution in [0.15, 0.2) is 58.8 Å². The van der Waals surface area contributed by atoms with E-state index in [9.17, 15) is 9.59 Å². The number of hydrogen-bond donors (Lipinski definition) is 2. The van der Waals surface area contributed by atoms with Crippen LogP contribution >= 0.6 is 11.3 Å². The number of amides is 2. The minimum Gasteiger partial charge on any atom is -0.459 e. The van der Waals surface area contributed by atoms with Gasteiger partial charge in [-0.05, 0) is 40.8 Å². The summed E-state index contributed by atoms with van der Waals surface area (Å²) in [4.78, 5) is 28.5. The highest BCUT2D eigenvalue weighted by molar-refractivity contribution is 7.14. The van der Waals surface area contributed by atoms with Crippen molar-refractivity contribution in [2.75, 3.05) is 10.6 Å². The largest absolute Gasteiger partial charge is 0.459 e. The van der Waals surface area contributed by atoms with Crippen LogP contribution < -0.4 is 10.6 Å². The zero-order chi connectivity index (χ0) is 19.3. The van der Waals surface area contributed by atoms with E-state index in [2.05, 4.69) is 31.1 Å². The second kappa shape index (κ2) is 7.80. The van der Waals surface area contributed by atoms with Crippen LogP contribution in [0.5, 0.6) is 0 Å². The Morgan fingerprint density at radius 2 is 2.11 bits per heavy atom. The molecule has 11 heteroatoms. The molecule has 0 aliphatic heterocycles. The molecule has 4 rings (SSSR count). The molecule has 2 amide bonds. The number of carbonyl (C=O) groups excluding carboxylic acids is 2. The number of anilines is 2. The smallest absolute Gasteiger partial charge is 0.293 e. The zero-order valence-electron chi connectivity index (χ0n) is 14.3. The molecule has 3 heterocycles. The van der Waals surface area contributed by atoms with Crippen LogP contribution in [0.25, 0.3) is 5.69 Å². The number of aromatic nitrogens is 5. The predicted octanol–water partition coefficient (Wildman–Crippen LogP) is 2.15. The second-order valence-electron chi connectivity index (χ2n) is 5.61. The lowest BCUT2D eigenvalue weighted by Gasteiger charge is -2.06. The predicted molar refractivity (Wildman–Crippen MR) is 100 cm³/mol. The molecule has 0 unspecified atom stereocenters. The van der Waals surface area contributed by atoms with E-state index < -0.39 is 5.91 Å². The maximum absolute atomic E-state index is 12.3. The van der Waals surface area contributed by atoms with Crippen molar-refractivity contribution in [2.24, 2.45) is 0 Å². The van der Waals surface area contributed by atoms with Gasteiger partial charge >= 0.3 is 0 Å². The van der Waals surface area contributed by atoms with Crippen molar-refractivity contribution in [2.45, 2.75) is 6.42 Å². The fourth-order valence-electron chi connectivity index (χ4n) is 2.39. The standard InChI is InChI=1S/C17H13N7O3S/c25-15(19-11-3-1-4-13(7-11)24-10-18-22-23-24)8-12-9-28-17(20-12)21-16(26)14-5-2-6-27-14/h1-7,9-10H,8H2,(H,19,25)(H,20,21,26). The number of tetrazole rings is 1. The molecule has 0 fully saturated rings. The Morgan fingerprint density at radius 1 is 1.18 bits per heavy atom. The summed E-state index contributed by atoms with van der Waals surface area (Å²) in [7, 11) is 0. The second-order valence-corrected chi connectivity index (χ2v) is 6.46. The molecule has 0 radical (unpaired) electrons. The molecule has 0 atom stereocenters. The van der Waals surface area contributed by atoms with Gasteiger partial charge in [-0.2, -0.15) is 0 Å². The molecule has 2 N–H and O–H groups in total. The fraction of sp³-hybridized carbons (Fsp3) is 0.0588. The molecule has 28 heavy (non-hydrogen) atoms. The van der Waals surface area contributed by atoms with Gasteiger partial charge in [0.2, 0.25) is 5.91 Å². The molecule has 10 nitrogen and oxygen atoms in total. The maximum atomic E-state index is 12.3. The van der Waals surface area contributed by atoms with E-state index >= 15 is 0 Å². The van der Waals surface area contributed by atoms with Crippen molar-refractivity contribution in [3.05, 3.63) is 65.8 Å². The Kier molecular flexibility index (Phi) is 4.89. The number of rotatable bonds is 6. The van der Waals surface area contributed by atoms with Gasteiger partial charge in [0.05, 0.1) is 24.1 Å². The molecule has 3 aromatic heterocycles. The molecule has 1 aromatic carbocycles. The molecular formula is C17H13N7O3S. The van der Waals surface area contributed by atoms with Crippen molar-refractivity contribution in [1.82, 2.24) is 25.2 Å². The van der Waals surface area contributed by atoms with Crippen LogP contribution in [0, 0.1) is 0 Å². The summed E-state index contributed by atoms with van der Waals surface area (Å²) >= 11 is 1.23. The van der Waals surface area contributed by atoms with E-state index in [4.69, 9.17) is 4.42 Å². The monoisotopic (exact) mass is 395 g/mol. The molecular weight excluding hydrogens is 382 g/mol. The highest BCUT2D eigenvalue weighted by Crippen LogP contribution is 2.18. The van der Waals surface area contributed by atoms with Gasteiger partial charge in [-0.15, -0.1) is 16.4 Å². The first-order valence-corrected chi connectivity index (χ1v) is 8.98. The SMILES string of the molecule is O=C(Cc1csc(NC(=O)c2ccco2)n1)Nc1cccc(-n2cnnn2)c1. The summed E-state index contributed by atoms with van der Waals surface area (Å²) in [6.07, 6.45) is 2.96. The number of nitrogens with zero attached hydrogens (tertiary/aromatic N) is 5. The number of thiazole rings is 1. The number of hydrogen-bond acceptors (Lipinski definition) is 8. The lowest BCUT2D eigenvalue weighted by molar-refractivity contribution is -0.115. The van der Waals surface area contributed by atoms with Gasteiger partial charge in [-0.3, -0.25) is 14.9 Å². The van der Waals surface area contributed by atoms with Gasteiger partial charge in [0, 0.05) is 11.1 Å². The van der Waals surface area contributed by atoms with Gasteiger partial charge in [-0.1, -0.05) is 6.07 Å². The minimum absolute atomic E-state index is 0.0717. The number of furan rings is 1. The quantitative estimate of drug-likeness (QED) is 0.512. The molecule has 0 aliphatic rings. The number of benzene rings is 1. The Labute approximate surface area is 162 Å². The van der Waals surface area contributed by atoms with Gasteiger partial charge in [0.25, 0.3) is 5.91 Å². The summed E-state index contributed by atoms with van der Waals surface area (Å²) in [6, 6.07) is 10.3. The van der Waals surface area contributed by atoms with Gasteiger partial charge in [-0.25, -0.2) is 9.67 Å². The van der Waals surface area contributed by atoms with E-state index in [0.29, 0.717) is 16.5 Å². The number of nitrogens with one attached hydrogen (secondary N) is 2. The normalized spacial score (nSPS) is 10.6. The first-order valence-electron chi connectivity index (χ1n) is 8.10.